The number of benzene rings is 1. The third kappa shape index (κ3) is 3.90. The minimum atomic E-state index is 1.12. The minimum Gasteiger partial charge on any atom is -0.0990 e. The molecule has 0 unspecified atom stereocenters. The van der Waals surface area contributed by atoms with Crippen molar-refractivity contribution in [2.75, 3.05) is 0 Å². The maximum Gasteiger partial charge on any atom is 0.0186 e. The summed E-state index contributed by atoms with van der Waals surface area (Å²) in [7, 11) is 3.41. The van der Waals surface area contributed by atoms with E-state index >= 15 is 0 Å². The zero-order chi connectivity index (χ0) is 10.2. The average Bonchev–Trinajstić information content (AvgIpc) is 2.25. The third-order valence-electron chi connectivity index (χ3n) is 1.46. The first-order valence-corrected chi connectivity index (χ1v) is 6.36. The Bertz CT molecular complexity index is 325. The molecule has 14 heavy (non-hydrogen) atoms. The van der Waals surface area contributed by atoms with Crippen molar-refractivity contribution in [2.24, 2.45) is 0 Å². The van der Waals surface area contributed by atoms with Gasteiger partial charge in [-0.05, 0) is 18.2 Å². The van der Waals surface area contributed by atoms with Crippen LogP contribution in [0.25, 0.3) is 0 Å². The summed E-state index contributed by atoms with van der Waals surface area (Å²) in [4.78, 5) is 2.36. The zero-order valence-electron chi connectivity index (χ0n) is 7.85. The monoisotopic (exact) mass is 220 g/mol. The highest BCUT2D eigenvalue weighted by Gasteiger charge is 1.95. The van der Waals surface area contributed by atoms with Crippen molar-refractivity contribution >= 4 is 21.6 Å². The smallest absolute Gasteiger partial charge is 0.0186 e. The fourth-order valence-electron chi connectivity index (χ4n) is 0.818. The molecule has 0 aliphatic heterocycles. The highest BCUT2D eigenvalue weighted by atomic mass is 33.1. The van der Waals surface area contributed by atoms with Crippen LogP contribution in [0.4, 0.5) is 0 Å². The third-order valence-corrected chi connectivity index (χ3v) is 3.91. The van der Waals surface area contributed by atoms with Gasteiger partial charge in [-0.25, -0.2) is 0 Å². The molecule has 1 aromatic carbocycles. The molecule has 0 saturated carbocycles. The molecule has 0 bridgehead atoms. The van der Waals surface area contributed by atoms with Crippen molar-refractivity contribution in [3.63, 3.8) is 0 Å². The van der Waals surface area contributed by atoms with Gasteiger partial charge < -0.3 is 0 Å². The highest BCUT2D eigenvalue weighted by Crippen LogP contribution is 2.36. The van der Waals surface area contributed by atoms with Crippen LogP contribution in [0.2, 0.25) is 0 Å². The first-order chi connectivity index (χ1) is 6.86. The molecule has 0 amide bonds. The molecule has 0 spiro atoms. The number of rotatable bonds is 5. The van der Waals surface area contributed by atoms with E-state index in [9.17, 15) is 0 Å². The fraction of sp³-hybridized carbons (Fsp3) is 0. The van der Waals surface area contributed by atoms with E-state index in [1.165, 1.54) is 4.90 Å². The molecule has 1 rings (SSSR count). The molecule has 0 radical (unpaired) electrons. The lowest BCUT2D eigenvalue weighted by molar-refractivity contribution is 1.48. The molecule has 0 fully saturated rings. The molecule has 1 aromatic rings. The van der Waals surface area contributed by atoms with Crippen LogP contribution in [0, 0.1) is 0 Å². The van der Waals surface area contributed by atoms with Gasteiger partial charge >= 0.3 is 0 Å². The normalized spacial score (nSPS) is 11.0. The molecular weight excluding hydrogens is 208 g/mol. The summed E-state index contributed by atoms with van der Waals surface area (Å²) in [5, 5.41) is 0. The van der Waals surface area contributed by atoms with Gasteiger partial charge in [0.2, 0.25) is 0 Å². The molecule has 0 saturated heterocycles. The van der Waals surface area contributed by atoms with Crippen molar-refractivity contribution in [3.05, 3.63) is 66.6 Å². The first kappa shape index (κ1) is 11.2. The molecule has 2 heteroatoms. The fourth-order valence-corrected chi connectivity index (χ4v) is 2.78. The molecule has 0 nitrogen and oxygen atoms in total. The van der Waals surface area contributed by atoms with Crippen molar-refractivity contribution in [1.29, 1.82) is 0 Å². The predicted molar refractivity (Wildman–Crippen MR) is 68.4 cm³/mol. The van der Waals surface area contributed by atoms with Gasteiger partial charge in [0.25, 0.3) is 0 Å². The Kier molecular flexibility index (Phi) is 5.27. The maximum absolute atomic E-state index is 3.74. The molecule has 0 aromatic heterocycles. The van der Waals surface area contributed by atoms with Gasteiger partial charge in [-0.3, -0.25) is 0 Å². The molecule has 0 N–H and O–H groups in total. The zero-order valence-corrected chi connectivity index (χ0v) is 9.48. The van der Waals surface area contributed by atoms with Gasteiger partial charge in [-0.2, -0.15) is 0 Å². The predicted octanol–water partition coefficient (Wildman–Crippen LogP) is 4.68. The molecular formula is C12H12S2. The molecule has 0 heterocycles. The highest BCUT2D eigenvalue weighted by molar-refractivity contribution is 8.78. The Balaban J connectivity index is 2.52. The van der Waals surface area contributed by atoms with Crippen LogP contribution in [-0.2, 0) is 0 Å². The van der Waals surface area contributed by atoms with E-state index in [0.29, 0.717) is 0 Å². The standard InChI is InChI=1S/C12H12S2/c1-3-8-11(4-2)13-14-12-9-6-5-7-10-12/h3-10H,1-2H2/b11-8+. The van der Waals surface area contributed by atoms with Crippen LogP contribution >= 0.6 is 21.6 Å². The van der Waals surface area contributed by atoms with Gasteiger partial charge in [-0.1, -0.05) is 65.1 Å². The Morgan fingerprint density at radius 3 is 2.43 bits per heavy atom. The summed E-state index contributed by atoms with van der Waals surface area (Å²) in [5.41, 5.74) is 0. The summed E-state index contributed by atoms with van der Waals surface area (Å²) < 4.78 is 0. The van der Waals surface area contributed by atoms with Crippen molar-refractivity contribution < 1.29 is 0 Å². The maximum atomic E-state index is 3.74. The minimum absolute atomic E-state index is 1.12. The van der Waals surface area contributed by atoms with Crippen LogP contribution in [0.15, 0.2) is 71.5 Å². The van der Waals surface area contributed by atoms with E-state index in [0.717, 1.165) is 4.91 Å². The van der Waals surface area contributed by atoms with Gasteiger partial charge in [0.1, 0.15) is 0 Å². The number of allylic oxidation sites excluding steroid dienone is 3. The number of hydrogen-bond donors (Lipinski definition) is 0. The molecule has 0 atom stereocenters. The average molecular weight is 220 g/mol. The lowest BCUT2D eigenvalue weighted by atomic mass is 10.4. The van der Waals surface area contributed by atoms with E-state index in [-0.39, 0.29) is 0 Å². The van der Waals surface area contributed by atoms with Crippen molar-refractivity contribution in [2.45, 2.75) is 4.90 Å². The SMILES string of the molecule is C=C/C=C(\C=C)SSc1ccccc1. The Morgan fingerprint density at radius 1 is 1.14 bits per heavy atom. The second kappa shape index (κ2) is 6.57. The van der Waals surface area contributed by atoms with E-state index in [2.05, 4.69) is 25.3 Å². The topological polar surface area (TPSA) is 0 Å². The second-order valence-electron chi connectivity index (χ2n) is 2.49. The molecule has 72 valence electrons. The van der Waals surface area contributed by atoms with Gasteiger partial charge in [-0.15, -0.1) is 0 Å². The van der Waals surface area contributed by atoms with E-state index in [4.69, 9.17) is 0 Å². The lowest BCUT2D eigenvalue weighted by Gasteiger charge is -2.00. The van der Waals surface area contributed by atoms with Gasteiger partial charge in [0.05, 0.1) is 0 Å². The lowest BCUT2D eigenvalue weighted by Crippen LogP contribution is -1.67. The van der Waals surface area contributed by atoms with Crippen LogP contribution in [0.1, 0.15) is 0 Å². The molecule has 0 aliphatic carbocycles. The summed E-state index contributed by atoms with van der Waals surface area (Å²) in [6.45, 7) is 7.40. The van der Waals surface area contributed by atoms with Crippen LogP contribution in [0.5, 0.6) is 0 Å². The summed E-state index contributed by atoms with van der Waals surface area (Å²) in [5.74, 6) is 0. The van der Waals surface area contributed by atoms with Crippen LogP contribution in [0.3, 0.4) is 0 Å². The van der Waals surface area contributed by atoms with Crippen LogP contribution < -0.4 is 0 Å². The van der Waals surface area contributed by atoms with Gasteiger partial charge in [0, 0.05) is 9.80 Å². The van der Waals surface area contributed by atoms with E-state index < -0.39 is 0 Å². The second-order valence-corrected chi connectivity index (χ2v) is 4.76. The summed E-state index contributed by atoms with van der Waals surface area (Å²) in [6, 6.07) is 10.3. The Hall–Kier alpha value is -0.860. The molecule has 0 aliphatic rings. The largest absolute Gasteiger partial charge is 0.0990 e. The van der Waals surface area contributed by atoms with Crippen LogP contribution in [-0.4, -0.2) is 0 Å². The Labute approximate surface area is 93.2 Å². The van der Waals surface area contributed by atoms with Crippen molar-refractivity contribution in [1.82, 2.24) is 0 Å². The number of hydrogen-bond acceptors (Lipinski definition) is 2. The van der Waals surface area contributed by atoms with E-state index in [1.54, 1.807) is 27.7 Å². The summed E-state index contributed by atoms with van der Waals surface area (Å²) in [6.07, 6.45) is 5.56. The first-order valence-electron chi connectivity index (χ1n) is 4.21. The van der Waals surface area contributed by atoms with Gasteiger partial charge in [0.15, 0.2) is 0 Å². The summed E-state index contributed by atoms with van der Waals surface area (Å²) >= 11 is 0. The Morgan fingerprint density at radius 2 is 1.86 bits per heavy atom. The van der Waals surface area contributed by atoms with E-state index in [1.807, 2.05) is 30.4 Å². The quantitative estimate of drug-likeness (QED) is 0.522. The van der Waals surface area contributed by atoms with Crippen molar-refractivity contribution in [3.8, 4) is 0 Å².